The molecule has 1 fully saturated rings. The Labute approximate surface area is 135 Å². The highest BCUT2D eigenvalue weighted by atomic mass is 16.5. The maximum absolute atomic E-state index is 12.3. The Kier molecular flexibility index (Phi) is 4.29. The number of urea groups is 1. The summed E-state index contributed by atoms with van der Waals surface area (Å²) >= 11 is 0. The molecule has 0 saturated carbocycles. The molecule has 0 spiro atoms. The van der Waals surface area contributed by atoms with Gasteiger partial charge in [0.25, 0.3) is 0 Å². The summed E-state index contributed by atoms with van der Waals surface area (Å²) in [5, 5.41) is 10.3. The van der Waals surface area contributed by atoms with Crippen LogP contribution in [0.15, 0.2) is 30.5 Å². The van der Waals surface area contributed by atoms with Crippen LogP contribution in [0, 0.1) is 6.92 Å². The third-order valence-electron chi connectivity index (χ3n) is 3.82. The van der Waals surface area contributed by atoms with Gasteiger partial charge in [0.15, 0.2) is 0 Å². The lowest BCUT2D eigenvalue weighted by molar-refractivity contribution is 0.172. The molecule has 7 heteroatoms. The minimum Gasteiger partial charge on any atom is -0.379 e. The van der Waals surface area contributed by atoms with Gasteiger partial charge >= 0.3 is 6.03 Å². The molecular weight excluding hydrogens is 294 g/mol. The molecule has 2 aromatic rings. The van der Waals surface area contributed by atoms with Gasteiger partial charge in [-0.05, 0) is 32.4 Å². The number of anilines is 1. The number of aryl methyl sites for hydroxylation is 1. The number of pyridine rings is 1. The second kappa shape index (κ2) is 6.37. The summed E-state index contributed by atoms with van der Waals surface area (Å²) in [7, 11) is 0. The Balaban J connectivity index is 1.69. The standard InChI is InChI=1S/C16H21N5O2/c1-12-9-14(18-15(22)19-16(2)6-8-23-11-16)21(20-12)10-13-5-3-4-7-17-13/h3-5,7,9H,6,8,10-11H2,1-2H3,(H2,18,19,22)/t16-/m0/s1. The van der Waals surface area contributed by atoms with Crippen molar-refractivity contribution in [1.82, 2.24) is 20.1 Å². The predicted molar refractivity (Wildman–Crippen MR) is 86.3 cm³/mol. The van der Waals surface area contributed by atoms with Crippen molar-refractivity contribution in [3.05, 3.63) is 41.9 Å². The van der Waals surface area contributed by atoms with E-state index in [1.54, 1.807) is 10.9 Å². The van der Waals surface area contributed by atoms with Crippen LogP contribution in [-0.4, -0.2) is 39.5 Å². The number of rotatable bonds is 4. The highest BCUT2D eigenvalue weighted by Gasteiger charge is 2.31. The lowest BCUT2D eigenvalue weighted by atomic mass is 10.0. The molecule has 1 atom stereocenters. The monoisotopic (exact) mass is 315 g/mol. The van der Waals surface area contributed by atoms with E-state index in [4.69, 9.17) is 4.74 Å². The topological polar surface area (TPSA) is 81.1 Å². The molecule has 3 heterocycles. The number of nitrogens with zero attached hydrogens (tertiary/aromatic N) is 3. The van der Waals surface area contributed by atoms with Crippen LogP contribution in [0.5, 0.6) is 0 Å². The Morgan fingerprint density at radius 1 is 1.48 bits per heavy atom. The summed E-state index contributed by atoms with van der Waals surface area (Å²) in [6, 6.07) is 7.32. The fourth-order valence-corrected chi connectivity index (χ4v) is 2.60. The van der Waals surface area contributed by atoms with E-state index in [0.717, 1.165) is 17.8 Å². The van der Waals surface area contributed by atoms with Gasteiger partial charge in [-0.25, -0.2) is 9.48 Å². The van der Waals surface area contributed by atoms with Crippen molar-refractivity contribution < 1.29 is 9.53 Å². The molecule has 122 valence electrons. The number of hydrogen-bond acceptors (Lipinski definition) is 4. The van der Waals surface area contributed by atoms with Crippen LogP contribution in [0.2, 0.25) is 0 Å². The molecule has 0 aromatic carbocycles. The number of carbonyl (C=O) groups excluding carboxylic acids is 1. The first kappa shape index (κ1) is 15.5. The van der Waals surface area contributed by atoms with Crippen molar-refractivity contribution in [2.45, 2.75) is 32.4 Å². The van der Waals surface area contributed by atoms with Crippen LogP contribution in [0.4, 0.5) is 10.6 Å². The van der Waals surface area contributed by atoms with Crippen LogP contribution in [-0.2, 0) is 11.3 Å². The second-order valence-corrected chi connectivity index (χ2v) is 6.09. The zero-order chi connectivity index (χ0) is 16.3. The maximum atomic E-state index is 12.3. The minimum atomic E-state index is -0.315. The largest absolute Gasteiger partial charge is 0.379 e. The molecule has 1 aliphatic heterocycles. The number of hydrogen-bond donors (Lipinski definition) is 2. The molecule has 0 aliphatic carbocycles. The lowest BCUT2D eigenvalue weighted by Gasteiger charge is -2.23. The fourth-order valence-electron chi connectivity index (χ4n) is 2.60. The van der Waals surface area contributed by atoms with E-state index < -0.39 is 0 Å². The molecule has 7 nitrogen and oxygen atoms in total. The van der Waals surface area contributed by atoms with E-state index in [1.807, 2.05) is 38.1 Å². The highest BCUT2D eigenvalue weighted by molar-refractivity contribution is 5.89. The third-order valence-corrected chi connectivity index (χ3v) is 3.82. The molecule has 2 amide bonds. The normalized spacial score (nSPS) is 20.4. The van der Waals surface area contributed by atoms with Crippen molar-refractivity contribution in [1.29, 1.82) is 0 Å². The summed E-state index contributed by atoms with van der Waals surface area (Å²) in [6.07, 6.45) is 2.55. The third kappa shape index (κ3) is 3.87. The van der Waals surface area contributed by atoms with Gasteiger partial charge in [-0.1, -0.05) is 6.07 Å². The van der Waals surface area contributed by atoms with E-state index in [2.05, 4.69) is 20.7 Å². The average Bonchev–Trinajstić information content (AvgIpc) is 3.06. The zero-order valence-electron chi connectivity index (χ0n) is 13.4. The van der Waals surface area contributed by atoms with Crippen LogP contribution < -0.4 is 10.6 Å². The molecule has 0 bridgehead atoms. The maximum Gasteiger partial charge on any atom is 0.320 e. The Morgan fingerprint density at radius 3 is 3.04 bits per heavy atom. The smallest absolute Gasteiger partial charge is 0.320 e. The van der Waals surface area contributed by atoms with E-state index in [-0.39, 0.29) is 11.6 Å². The number of aromatic nitrogens is 3. The van der Waals surface area contributed by atoms with Gasteiger partial charge in [0.05, 0.1) is 30.1 Å². The highest BCUT2D eigenvalue weighted by Crippen LogP contribution is 2.18. The number of nitrogens with one attached hydrogen (secondary N) is 2. The summed E-state index contributed by atoms with van der Waals surface area (Å²) in [5.41, 5.74) is 1.41. The van der Waals surface area contributed by atoms with Crippen molar-refractivity contribution in [3.63, 3.8) is 0 Å². The minimum absolute atomic E-state index is 0.250. The second-order valence-electron chi connectivity index (χ2n) is 6.09. The molecule has 1 saturated heterocycles. The van der Waals surface area contributed by atoms with Gasteiger partial charge in [0, 0.05) is 18.9 Å². The molecule has 23 heavy (non-hydrogen) atoms. The van der Waals surface area contributed by atoms with Crippen LogP contribution in [0.3, 0.4) is 0 Å². The first-order valence-electron chi connectivity index (χ1n) is 7.65. The quantitative estimate of drug-likeness (QED) is 0.903. The number of carbonyl (C=O) groups is 1. The Hall–Kier alpha value is -2.41. The van der Waals surface area contributed by atoms with Gasteiger partial charge in [0.2, 0.25) is 0 Å². The zero-order valence-corrected chi connectivity index (χ0v) is 13.4. The van der Waals surface area contributed by atoms with E-state index in [1.165, 1.54) is 0 Å². The molecule has 2 N–H and O–H groups in total. The summed E-state index contributed by atoms with van der Waals surface area (Å²) in [6.45, 7) is 5.59. The predicted octanol–water partition coefficient (Wildman–Crippen LogP) is 1.94. The van der Waals surface area contributed by atoms with Gasteiger partial charge < -0.3 is 10.1 Å². The SMILES string of the molecule is Cc1cc(NC(=O)N[C@@]2(C)CCOC2)n(Cc2ccccn2)n1. The van der Waals surface area contributed by atoms with Crippen LogP contribution in [0.1, 0.15) is 24.7 Å². The van der Waals surface area contributed by atoms with Gasteiger partial charge in [-0.3, -0.25) is 10.3 Å². The van der Waals surface area contributed by atoms with Crippen molar-refractivity contribution in [2.75, 3.05) is 18.5 Å². The molecule has 1 aliphatic rings. The van der Waals surface area contributed by atoms with Crippen LogP contribution >= 0.6 is 0 Å². The molecule has 0 unspecified atom stereocenters. The molecule has 3 rings (SSSR count). The number of amides is 2. The molecular formula is C16H21N5O2. The first-order chi connectivity index (χ1) is 11.0. The van der Waals surface area contributed by atoms with Gasteiger partial charge in [-0.2, -0.15) is 5.10 Å². The summed E-state index contributed by atoms with van der Waals surface area (Å²) in [5.74, 6) is 0.646. The average molecular weight is 315 g/mol. The van der Waals surface area contributed by atoms with E-state index >= 15 is 0 Å². The van der Waals surface area contributed by atoms with Gasteiger partial charge in [0.1, 0.15) is 5.82 Å². The lowest BCUT2D eigenvalue weighted by Crippen LogP contribution is -2.48. The fraction of sp³-hybridized carbons (Fsp3) is 0.438. The molecule has 0 radical (unpaired) electrons. The first-order valence-corrected chi connectivity index (χ1v) is 7.65. The summed E-state index contributed by atoms with van der Waals surface area (Å²) in [4.78, 5) is 16.5. The Morgan fingerprint density at radius 2 is 2.35 bits per heavy atom. The Bertz CT molecular complexity index is 677. The van der Waals surface area contributed by atoms with Crippen LogP contribution in [0.25, 0.3) is 0 Å². The van der Waals surface area contributed by atoms with Crippen molar-refractivity contribution in [3.8, 4) is 0 Å². The summed E-state index contributed by atoms with van der Waals surface area (Å²) < 4.78 is 7.09. The molecule has 2 aromatic heterocycles. The van der Waals surface area contributed by atoms with Crippen molar-refractivity contribution in [2.24, 2.45) is 0 Å². The van der Waals surface area contributed by atoms with E-state index in [0.29, 0.717) is 25.6 Å². The van der Waals surface area contributed by atoms with E-state index in [9.17, 15) is 4.79 Å². The van der Waals surface area contributed by atoms with Gasteiger partial charge in [-0.15, -0.1) is 0 Å². The van der Waals surface area contributed by atoms with Crippen molar-refractivity contribution >= 4 is 11.8 Å². The number of ether oxygens (including phenoxy) is 1.